The Kier molecular flexibility index (Phi) is 5.13. The summed E-state index contributed by atoms with van der Waals surface area (Å²) in [5.74, 6) is 0.258. The van der Waals surface area contributed by atoms with Gasteiger partial charge in [0.1, 0.15) is 4.88 Å². The summed E-state index contributed by atoms with van der Waals surface area (Å²) in [5, 5.41) is 12.2. The van der Waals surface area contributed by atoms with Crippen molar-refractivity contribution in [3.8, 4) is 0 Å². The molecule has 1 heterocycles. The summed E-state index contributed by atoms with van der Waals surface area (Å²) < 4.78 is 0. The molecule has 0 bridgehead atoms. The number of aliphatic hydroxyl groups excluding tert-OH is 1. The second-order valence-corrected chi connectivity index (χ2v) is 5.66. The predicted octanol–water partition coefficient (Wildman–Crippen LogP) is 3.00. The molecule has 1 atom stereocenters. The van der Waals surface area contributed by atoms with Gasteiger partial charge in [0.25, 0.3) is 0 Å². The molecule has 1 aromatic heterocycles. The van der Waals surface area contributed by atoms with E-state index in [0.29, 0.717) is 0 Å². The lowest BCUT2D eigenvalue weighted by atomic mass is 10.0. The van der Waals surface area contributed by atoms with Crippen molar-refractivity contribution in [2.75, 3.05) is 0 Å². The van der Waals surface area contributed by atoms with Gasteiger partial charge in [0, 0.05) is 6.42 Å². The molecule has 2 N–H and O–H groups in total. The van der Waals surface area contributed by atoms with E-state index in [-0.39, 0.29) is 11.9 Å². The highest BCUT2D eigenvalue weighted by Gasteiger charge is 2.19. The van der Waals surface area contributed by atoms with Gasteiger partial charge in [0.15, 0.2) is 6.04 Å². The number of thiophene rings is 1. The average Bonchev–Trinajstić information content (AvgIpc) is 2.91. The SMILES string of the molecule is C/C=C\C=C/c1csc(C(O)=[NH+]C2CC=CC=C2C)c1. The van der Waals surface area contributed by atoms with Gasteiger partial charge in [-0.3, -0.25) is 0 Å². The van der Waals surface area contributed by atoms with E-state index in [1.807, 2.05) is 42.7 Å². The van der Waals surface area contributed by atoms with E-state index in [4.69, 9.17) is 0 Å². The number of rotatable bonds is 4. The number of hydrogen-bond donors (Lipinski definition) is 2. The lowest BCUT2D eigenvalue weighted by Crippen LogP contribution is -2.80. The summed E-state index contributed by atoms with van der Waals surface area (Å²) in [6, 6.07) is 2.18. The zero-order valence-corrected chi connectivity index (χ0v) is 12.7. The molecule has 1 aliphatic rings. The molecule has 20 heavy (non-hydrogen) atoms. The summed E-state index contributed by atoms with van der Waals surface area (Å²) in [6.07, 6.45) is 15.1. The second-order valence-electron chi connectivity index (χ2n) is 4.75. The second kappa shape index (κ2) is 7.06. The number of hydrogen-bond acceptors (Lipinski definition) is 1. The van der Waals surface area contributed by atoms with Gasteiger partial charge in [-0.2, -0.15) is 0 Å². The van der Waals surface area contributed by atoms with Crippen molar-refractivity contribution in [2.24, 2.45) is 0 Å². The molecule has 1 aromatic rings. The zero-order valence-electron chi connectivity index (χ0n) is 11.8. The van der Waals surface area contributed by atoms with Crippen LogP contribution in [-0.4, -0.2) is 17.0 Å². The van der Waals surface area contributed by atoms with E-state index in [0.717, 1.165) is 16.9 Å². The smallest absolute Gasteiger partial charge is 0.376 e. The Balaban J connectivity index is 2.11. The van der Waals surface area contributed by atoms with Crippen LogP contribution in [0.15, 0.2) is 53.5 Å². The molecule has 0 aromatic carbocycles. The lowest BCUT2D eigenvalue weighted by molar-refractivity contribution is -0.498. The lowest BCUT2D eigenvalue weighted by Gasteiger charge is -2.08. The molecule has 0 radical (unpaired) electrons. The zero-order chi connectivity index (χ0) is 14.4. The Morgan fingerprint density at radius 1 is 1.45 bits per heavy atom. The maximum atomic E-state index is 10.2. The summed E-state index contributed by atoms with van der Waals surface area (Å²) >= 11 is 1.54. The Hall–Kier alpha value is -1.87. The van der Waals surface area contributed by atoms with Crippen LogP contribution in [0.3, 0.4) is 0 Å². The van der Waals surface area contributed by atoms with Gasteiger partial charge in [-0.15, -0.1) is 11.3 Å². The van der Waals surface area contributed by atoms with E-state index in [2.05, 4.69) is 30.1 Å². The van der Waals surface area contributed by atoms with Crippen LogP contribution >= 0.6 is 11.3 Å². The Bertz CT molecular complexity index is 602. The molecule has 2 nitrogen and oxygen atoms in total. The number of aliphatic hydroxyl groups is 1. The Labute approximate surface area is 124 Å². The topological polar surface area (TPSA) is 34.2 Å². The van der Waals surface area contributed by atoms with E-state index in [1.165, 1.54) is 5.57 Å². The molecule has 1 aliphatic carbocycles. The summed E-state index contributed by atoms with van der Waals surface area (Å²) in [5.41, 5.74) is 2.34. The first-order valence-electron chi connectivity index (χ1n) is 6.74. The number of nitrogens with one attached hydrogen (secondary N) is 1. The van der Waals surface area contributed by atoms with Crippen LogP contribution in [0.5, 0.6) is 0 Å². The first kappa shape index (κ1) is 14.5. The highest BCUT2D eigenvalue weighted by molar-refractivity contribution is 7.12. The monoisotopic (exact) mass is 286 g/mol. The quantitative estimate of drug-likeness (QED) is 0.498. The fraction of sp³-hybridized carbons (Fsp3) is 0.235. The Morgan fingerprint density at radius 2 is 2.30 bits per heavy atom. The van der Waals surface area contributed by atoms with Crippen LogP contribution in [-0.2, 0) is 0 Å². The van der Waals surface area contributed by atoms with E-state index in [1.54, 1.807) is 11.3 Å². The largest absolute Gasteiger partial charge is 0.459 e. The first-order valence-corrected chi connectivity index (χ1v) is 7.62. The fourth-order valence-electron chi connectivity index (χ4n) is 1.99. The third-order valence-electron chi connectivity index (χ3n) is 3.17. The molecule has 104 valence electrons. The van der Waals surface area contributed by atoms with Gasteiger partial charge < -0.3 is 5.11 Å². The molecule has 3 heteroatoms. The van der Waals surface area contributed by atoms with Crippen molar-refractivity contribution in [1.29, 1.82) is 0 Å². The van der Waals surface area contributed by atoms with E-state index < -0.39 is 0 Å². The van der Waals surface area contributed by atoms with Crippen LogP contribution in [0.2, 0.25) is 0 Å². The normalized spacial score (nSPS) is 20.0. The highest BCUT2D eigenvalue weighted by Crippen LogP contribution is 2.15. The minimum atomic E-state index is 0.184. The van der Waals surface area contributed by atoms with Crippen molar-refractivity contribution < 1.29 is 10.1 Å². The van der Waals surface area contributed by atoms with E-state index >= 15 is 0 Å². The molecule has 0 fully saturated rings. The van der Waals surface area contributed by atoms with Gasteiger partial charge in [-0.05, 0) is 36.4 Å². The van der Waals surface area contributed by atoms with Crippen molar-refractivity contribution in [3.63, 3.8) is 0 Å². The molecule has 1 unspecified atom stereocenters. The van der Waals surface area contributed by atoms with E-state index in [9.17, 15) is 5.11 Å². The van der Waals surface area contributed by atoms with Crippen LogP contribution in [0.25, 0.3) is 6.08 Å². The van der Waals surface area contributed by atoms with Crippen molar-refractivity contribution in [3.05, 3.63) is 63.9 Å². The fourth-order valence-corrected chi connectivity index (χ4v) is 2.77. The molecule has 0 aliphatic heterocycles. The highest BCUT2D eigenvalue weighted by atomic mass is 32.1. The summed E-state index contributed by atoms with van der Waals surface area (Å²) in [4.78, 5) is 4.06. The van der Waals surface area contributed by atoms with Crippen LogP contribution in [0.1, 0.15) is 30.7 Å². The predicted molar refractivity (Wildman–Crippen MR) is 87.2 cm³/mol. The molecule has 2 rings (SSSR count). The minimum Gasteiger partial charge on any atom is -0.459 e. The molecule has 0 saturated heterocycles. The van der Waals surface area contributed by atoms with Crippen molar-refractivity contribution >= 4 is 23.3 Å². The van der Waals surface area contributed by atoms with Gasteiger partial charge in [0.05, 0.1) is 0 Å². The molecular weight excluding hydrogens is 266 g/mol. The van der Waals surface area contributed by atoms with Crippen LogP contribution < -0.4 is 4.99 Å². The molecule has 0 spiro atoms. The third kappa shape index (κ3) is 3.81. The van der Waals surface area contributed by atoms with Gasteiger partial charge in [-0.25, -0.2) is 4.99 Å². The first-order chi connectivity index (χ1) is 9.70. The maximum Gasteiger partial charge on any atom is 0.376 e. The summed E-state index contributed by atoms with van der Waals surface area (Å²) in [7, 11) is 0. The summed E-state index contributed by atoms with van der Waals surface area (Å²) in [6.45, 7) is 4.06. The minimum absolute atomic E-state index is 0.184. The average molecular weight is 286 g/mol. The van der Waals surface area contributed by atoms with Crippen LogP contribution in [0, 0.1) is 0 Å². The standard InChI is InChI=1S/C17H19NOS/c1-3-4-5-9-14-11-16(20-12-14)17(19)18-15-10-7-6-8-13(15)2/h3-9,11-12,15H,10H2,1-2H3,(H,18,19)/p+1/b4-3-,9-5-. The van der Waals surface area contributed by atoms with Gasteiger partial charge in [-0.1, -0.05) is 42.5 Å². The number of allylic oxidation sites excluding steroid dienone is 5. The van der Waals surface area contributed by atoms with Crippen LogP contribution in [0.4, 0.5) is 0 Å². The van der Waals surface area contributed by atoms with Crippen molar-refractivity contribution in [1.82, 2.24) is 0 Å². The maximum absolute atomic E-state index is 10.2. The molecule has 0 saturated carbocycles. The van der Waals surface area contributed by atoms with Gasteiger partial charge >= 0.3 is 5.90 Å². The van der Waals surface area contributed by atoms with Gasteiger partial charge in [0.2, 0.25) is 0 Å². The molecular formula is C17H20NOS+. The Morgan fingerprint density at radius 3 is 3.05 bits per heavy atom. The molecule has 0 amide bonds. The van der Waals surface area contributed by atoms with Crippen molar-refractivity contribution in [2.45, 2.75) is 26.3 Å². The third-order valence-corrected chi connectivity index (χ3v) is 4.13.